The normalized spacial score (nSPS) is 29.4. The predicted octanol–water partition coefficient (Wildman–Crippen LogP) is 1.84. The zero-order valence-corrected chi connectivity index (χ0v) is 11.0. The number of alkyl halides is 2. The molecule has 4 nitrogen and oxygen atoms in total. The van der Waals surface area contributed by atoms with E-state index < -0.39 is 16.3 Å². The fraction of sp³-hybridized carbons (Fsp3) is 0.636. The lowest BCUT2D eigenvalue weighted by Gasteiger charge is -2.15. The molecular weight excluding hydrogens is 267 g/mol. The molecule has 94 valence electrons. The minimum atomic E-state index is -0.838. The molecule has 2 unspecified atom stereocenters. The van der Waals surface area contributed by atoms with Crippen LogP contribution in [0.3, 0.4) is 0 Å². The van der Waals surface area contributed by atoms with E-state index in [0.717, 1.165) is 0 Å². The van der Waals surface area contributed by atoms with Crippen molar-refractivity contribution < 1.29 is 19.1 Å². The van der Waals surface area contributed by atoms with Gasteiger partial charge in [0.25, 0.3) is 0 Å². The third-order valence-corrected chi connectivity index (χ3v) is 4.56. The van der Waals surface area contributed by atoms with Crippen LogP contribution >= 0.6 is 23.2 Å². The standard InChI is InChI=1S/C11H12Cl2O4/c1-16-9(14)5-3-7-8(11(7,12)13)4-6(5)10(15)17-2/h7-8H,3-4H2,1-2H3. The third-order valence-electron chi connectivity index (χ3n) is 3.44. The molecule has 0 aromatic rings. The highest BCUT2D eigenvalue weighted by atomic mass is 35.5. The largest absolute Gasteiger partial charge is 0.466 e. The van der Waals surface area contributed by atoms with Gasteiger partial charge in [0, 0.05) is 23.0 Å². The maximum atomic E-state index is 11.6. The summed E-state index contributed by atoms with van der Waals surface area (Å²) < 4.78 is 8.48. The summed E-state index contributed by atoms with van der Waals surface area (Å²) in [6.45, 7) is 0. The number of halogens is 2. The van der Waals surface area contributed by atoms with Crippen LogP contribution in [-0.2, 0) is 19.1 Å². The number of ether oxygens (including phenoxy) is 2. The SMILES string of the molecule is COC(=O)C1=C(C(=O)OC)CC2C(C1)C2(Cl)Cl. The summed E-state index contributed by atoms with van der Waals surface area (Å²) in [5, 5.41) is 0. The number of carbonyl (C=O) groups excluding carboxylic acids is 2. The van der Waals surface area contributed by atoms with Gasteiger partial charge in [-0.3, -0.25) is 0 Å². The van der Waals surface area contributed by atoms with Crippen LogP contribution in [0, 0.1) is 11.8 Å². The van der Waals surface area contributed by atoms with Crippen molar-refractivity contribution in [3.05, 3.63) is 11.1 Å². The molecule has 17 heavy (non-hydrogen) atoms. The average Bonchev–Trinajstić information content (AvgIpc) is 2.87. The van der Waals surface area contributed by atoms with E-state index >= 15 is 0 Å². The number of hydrogen-bond donors (Lipinski definition) is 0. The number of rotatable bonds is 2. The van der Waals surface area contributed by atoms with Crippen LogP contribution in [-0.4, -0.2) is 30.5 Å². The molecule has 0 N–H and O–H groups in total. The van der Waals surface area contributed by atoms with Crippen molar-refractivity contribution in [1.82, 2.24) is 0 Å². The Kier molecular flexibility index (Phi) is 3.12. The number of carbonyl (C=O) groups is 2. The number of methoxy groups -OCH3 is 2. The maximum absolute atomic E-state index is 11.6. The van der Waals surface area contributed by atoms with Gasteiger partial charge in [0.15, 0.2) is 0 Å². The van der Waals surface area contributed by atoms with Crippen molar-refractivity contribution in [3.63, 3.8) is 0 Å². The molecule has 1 saturated carbocycles. The van der Waals surface area contributed by atoms with Gasteiger partial charge in [0.1, 0.15) is 4.33 Å². The van der Waals surface area contributed by atoms with Gasteiger partial charge in [-0.05, 0) is 12.8 Å². The van der Waals surface area contributed by atoms with Crippen LogP contribution in [0.2, 0.25) is 0 Å². The molecular formula is C11H12Cl2O4. The molecule has 0 bridgehead atoms. The van der Waals surface area contributed by atoms with Crippen LogP contribution < -0.4 is 0 Å². The molecule has 2 aliphatic rings. The first kappa shape index (κ1) is 12.7. The van der Waals surface area contributed by atoms with E-state index in [1.165, 1.54) is 14.2 Å². The summed E-state index contributed by atoms with van der Waals surface area (Å²) >= 11 is 12.1. The van der Waals surface area contributed by atoms with E-state index in [1.807, 2.05) is 0 Å². The fourth-order valence-electron chi connectivity index (χ4n) is 2.36. The third kappa shape index (κ3) is 1.93. The van der Waals surface area contributed by atoms with Crippen LogP contribution in [0.5, 0.6) is 0 Å². The second kappa shape index (κ2) is 4.18. The monoisotopic (exact) mass is 278 g/mol. The molecule has 0 saturated heterocycles. The lowest BCUT2D eigenvalue weighted by Crippen LogP contribution is -2.18. The summed E-state index contributed by atoms with van der Waals surface area (Å²) in [4.78, 5) is 23.2. The molecule has 2 rings (SSSR count). The molecule has 0 amide bonds. The lowest BCUT2D eigenvalue weighted by molar-refractivity contribution is -0.139. The van der Waals surface area contributed by atoms with Crippen molar-refractivity contribution in [2.45, 2.75) is 17.2 Å². The molecule has 0 heterocycles. The van der Waals surface area contributed by atoms with Crippen molar-refractivity contribution >= 4 is 35.1 Å². The van der Waals surface area contributed by atoms with Crippen LogP contribution in [0.15, 0.2) is 11.1 Å². The van der Waals surface area contributed by atoms with Crippen molar-refractivity contribution in [1.29, 1.82) is 0 Å². The van der Waals surface area contributed by atoms with E-state index in [-0.39, 0.29) is 11.8 Å². The van der Waals surface area contributed by atoms with Gasteiger partial charge >= 0.3 is 11.9 Å². The molecule has 0 aromatic heterocycles. The number of fused-ring (bicyclic) bond motifs is 1. The molecule has 2 aliphatic carbocycles. The van der Waals surface area contributed by atoms with Crippen molar-refractivity contribution in [2.24, 2.45) is 11.8 Å². The Bertz CT molecular complexity index is 378. The van der Waals surface area contributed by atoms with E-state index in [4.69, 9.17) is 23.2 Å². The van der Waals surface area contributed by atoms with Crippen LogP contribution in [0.25, 0.3) is 0 Å². The van der Waals surface area contributed by atoms with Crippen molar-refractivity contribution in [3.8, 4) is 0 Å². The Labute approximate surface area is 109 Å². The Hall–Kier alpha value is -0.740. The highest BCUT2D eigenvalue weighted by molar-refractivity contribution is 6.51. The highest BCUT2D eigenvalue weighted by Crippen LogP contribution is 2.66. The quantitative estimate of drug-likeness (QED) is 0.571. The van der Waals surface area contributed by atoms with Gasteiger partial charge in [-0.25, -0.2) is 9.59 Å². The first-order valence-electron chi connectivity index (χ1n) is 5.20. The van der Waals surface area contributed by atoms with Gasteiger partial charge in [0.2, 0.25) is 0 Å². The van der Waals surface area contributed by atoms with Crippen molar-refractivity contribution in [2.75, 3.05) is 14.2 Å². The molecule has 1 fully saturated rings. The number of hydrogen-bond acceptors (Lipinski definition) is 4. The Morgan fingerprint density at radius 3 is 1.71 bits per heavy atom. The Morgan fingerprint density at radius 1 is 1.06 bits per heavy atom. The highest BCUT2D eigenvalue weighted by Gasteiger charge is 2.65. The molecule has 0 aliphatic heterocycles. The first-order valence-corrected chi connectivity index (χ1v) is 5.95. The molecule has 0 aromatic carbocycles. The Balaban J connectivity index is 2.30. The van der Waals surface area contributed by atoms with Gasteiger partial charge in [-0.15, -0.1) is 23.2 Å². The molecule has 2 atom stereocenters. The van der Waals surface area contributed by atoms with Gasteiger partial charge in [-0.1, -0.05) is 0 Å². The topological polar surface area (TPSA) is 52.6 Å². The zero-order valence-electron chi connectivity index (χ0n) is 9.46. The molecule has 0 radical (unpaired) electrons. The predicted molar refractivity (Wildman–Crippen MR) is 61.7 cm³/mol. The summed E-state index contributed by atoms with van der Waals surface area (Å²) in [6, 6.07) is 0. The minimum absolute atomic E-state index is 0.0216. The van der Waals surface area contributed by atoms with Gasteiger partial charge in [-0.2, -0.15) is 0 Å². The maximum Gasteiger partial charge on any atom is 0.334 e. The van der Waals surface area contributed by atoms with Gasteiger partial charge < -0.3 is 9.47 Å². The minimum Gasteiger partial charge on any atom is -0.466 e. The second-order valence-electron chi connectivity index (χ2n) is 4.24. The summed E-state index contributed by atoms with van der Waals surface area (Å²) in [7, 11) is 2.55. The van der Waals surface area contributed by atoms with Crippen LogP contribution in [0.4, 0.5) is 0 Å². The Morgan fingerprint density at radius 2 is 1.41 bits per heavy atom. The average molecular weight is 279 g/mol. The fourth-order valence-corrected chi connectivity index (χ4v) is 3.15. The molecule has 6 heteroatoms. The summed E-state index contributed by atoms with van der Waals surface area (Å²) in [5.74, 6) is -0.985. The van der Waals surface area contributed by atoms with Crippen LogP contribution in [0.1, 0.15) is 12.8 Å². The lowest BCUT2D eigenvalue weighted by atomic mass is 9.92. The summed E-state index contributed by atoms with van der Waals surface area (Å²) in [6.07, 6.45) is 0.740. The van der Waals surface area contributed by atoms with E-state index in [2.05, 4.69) is 9.47 Å². The number of esters is 2. The second-order valence-corrected chi connectivity index (χ2v) is 5.68. The smallest absolute Gasteiger partial charge is 0.334 e. The van der Waals surface area contributed by atoms with E-state index in [1.54, 1.807) is 0 Å². The van der Waals surface area contributed by atoms with E-state index in [9.17, 15) is 9.59 Å². The van der Waals surface area contributed by atoms with E-state index in [0.29, 0.717) is 24.0 Å². The summed E-state index contributed by atoms with van der Waals surface area (Å²) in [5.41, 5.74) is 0.674. The molecule has 0 spiro atoms. The first-order chi connectivity index (χ1) is 7.93. The van der Waals surface area contributed by atoms with Gasteiger partial charge in [0.05, 0.1) is 14.2 Å². The zero-order chi connectivity index (χ0) is 12.8.